The number of nitrogens with zero attached hydrogens (tertiary/aromatic N) is 5. The average Bonchev–Trinajstić information content (AvgIpc) is 3.36. The van der Waals surface area contributed by atoms with E-state index in [1.54, 1.807) is 6.20 Å². The van der Waals surface area contributed by atoms with E-state index in [2.05, 4.69) is 20.4 Å². The number of hydrogen-bond donors (Lipinski definition) is 1. The molecule has 152 valence electrons. The highest BCUT2D eigenvalue weighted by atomic mass is 32.1. The van der Waals surface area contributed by atoms with Crippen molar-refractivity contribution in [2.45, 2.75) is 19.9 Å². The fraction of sp³-hybridized carbons (Fsp3) is 0.190. The lowest BCUT2D eigenvalue weighted by Gasteiger charge is -2.05. The summed E-state index contributed by atoms with van der Waals surface area (Å²) in [7, 11) is 1.91. The first-order valence-electron chi connectivity index (χ1n) is 9.50. The summed E-state index contributed by atoms with van der Waals surface area (Å²) < 4.78 is 3.21. The molecule has 0 bridgehead atoms. The lowest BCUT2D eigenvalue weighted by Crippen LogP contribution is -2.26. The van der Waals surface area contributed by atoms with Crippen LogP contribution in [-0.4, -0.2) is 30.2 Å². The second-order valence-corrected chi connectivity index (χ2v) is 7.66. The van der Waals surface area contributed by atoms with Crippen LogP contribution in [0.4, 0.5) is 5.13 Å². The molecule has 0 radical (unpaired) electrons. The van der Waals surface area contributed by atoms with Gasteiger partial charge in [-0.25, -0.2) is 14.6 Å². The molecule has 0 aliphatic rings. The van der Waals surface area contributed by atoms with E-state index < -0.39 is 5.91 Å². The number of rotatable bonds is 6. The number of anilines is 1. The Hall–Kier alpha value is -3.59. The van der Waals surface area contributed by atoms with Gasteiger partial charge in [0.2, 0.25) is 0 Å². The zero-order chi connectivity index (χ0) is 21.1. The van der Waals surface area contributed by atoms with Crippen molar-refractivity contribution in [3.8, 4) is 22.0 Å². The van der Waals surface area contributed by atoms with Gasteiger partial charge in [0.25, 0.3) is 11.5 Å². The maximum Gasteiger partial charge on any atom is 0.277 e. The summed E-state index contributed by atoms with van der Waals surface area (Å²) >= 11 is 1.34. The average molecular weight is 420 g/mol. The number of amides is 1. The van der Waals surface area contributed by atoms with Crippen LogP contribution in [-0.2, 0) is 13.6 Å². The summed E-state index contributed by atoms with van der Waals surface area (Å²) in [5, 5.41) is 7.41. The second-order valence-electron chi connectivity index (χ2n) is 6.66. The number of carbonyl (C=O) groups excluding carboxylic acids is 1. The van der Waals surface area contributed by atoms with Gasteiger partial charge in [0, 0.05) is 37.6 Å². The monoisotopic (exact) mass is 420 g/mol. The van der Waals surface area contributed by atoms with Gasteiger partial charge in [0.1, 0.15) is 5.69 Å². The highest BCUT2D eigenvalue weighted by molar-refractivity contribution is 7.19. The molecule has 3 aromatic heterocycles. The van der Waals surface area contributed by atoms with Gasteiger partial charge in [-0.15, -0.1) is 0 Å². The van der Waals surface area contributed by atoms with Crippen LogP contribution in [0.3, 0.4) is 0 Å². The third-order valence-electron chi connectivity index (χ3n) is 4.45. The van der Waals surface area contributed by atoms with Gasteiger partial charge in [-0.3, -0.25) is 14.9 Å². The number of aromatic nitrogens is 5. The van der Waals surface area contributed by atoms with Crippen molar-refractivity contribution in [3.63, 3.8) is 0 Å². The highest BCUT2D eigenvalue weighted by Gasteiger charge is 2.20. The minimum atomic E-state index is -0.417. The van der Waals surface area contributed by atoms with Crippen molar-refractivity contribution in [1.82, 2.24) is 24.3 Å². The van der Waals surface area contributed by atoms with Crippen LogP contribution in [0, 0.1) is 0 Å². The quantitative estimate of drug-likeness (QED) is 0.516. The minimum Gasteiger partial charge on any atom is -0.333 e. The molecule has 0 aliphatic carbocycles. The van der Waals surface area contributed by atoms with Gasteiger partial charge in [-0.1, -0.05) is 48.6 Å². The Morgan fingerprint density at radius 2 is 1.97 bits per heavy atom. The van der Waals surface area contributed by atoms with Crippen molar-refractivity contribution in [3.05, 3.63) is 70.9 Å². The lowest BCUT2D eigenvalue weighted by molar-refractivity contribution is 0.101. The zero-order valence-corrected chi connectivity index (χ0v) is 17.4. The summed E-state index contributed by atoms with van der Waals surface area (Å²) in [6, 6.07) is 12.5. The molecule has 4 aromatic rings. The molecule has 0 saturated heterocycles. The minimum absolute atomic E-state index is 0.165. The predicted octanol–water partition coefficient (Wildman–Crippen LogP) is 3.43. The Bertz CT molecular complexity index is 1240. The largest absolute Gasteiger partial charge is 0.333 e. The molecular weight excluding hydrogens is 400 g/mol. The molecule has 1 amide bonds. The van der Waals surface area contributed by atoms with Crippen molar-refractivity contribution in [2.24, 2.45) is 7.05 Å². The first kappa shape index (κ1) is 19.7. The summed E-state index contributed by atoms with van der Waals surface area (Å²) in [4.78, 5) is 34.6. The number of benzene rings is 1. The Balaban J connectivity index is 1.69. The van der Waals surface area contributed by atoms with Gasteiger partial charge in [-0.05, 0) is 12.5 Å². The van der Waals surface area contributed by atoms with Crippen molar-refractivity contribution >= 4 is 22.4 Å². The molecule has 0 unspecified atom stereocenters. The van der Waals surface area contributed by atoms with Crippen molar-refractivity contribution < 1.29 is 4.79 Å². The van der Waals surface area contributed by atoms with E-state index in [0.717, 1.165) is 28.4 Å². The number of hydrogen-bond acceptors (Lipinski definition) is 6. The molecule has 0 fully saturated rings. The number of carbonyl (C=O) groups is 1. The van der Waals surface area contributed by atoms with Gasteiger partial charge in [0.15, 0.2) is 11.0 Å². The van der Waals surface area contributed by atoms with E-state index in [1.807, 2.05) is 55.1 Å². The fourth-order valence-corrected chi connectivity index (χ4v) is 4.03. The molecule has 4 rings (SSSR count). The highest BCUT2D eigenvalue weighted by Crippen LogP contribution is 2.38. The third kappa shape index (κ3) is 3.92. The van der Waals surface area contributed by atoms with Crippen LogP contribution in [0.5, 0.6) is 0 Å². The van der Waals surface area contributed by atoms with Crippen LogP contribution in [0.2, 0.25) is 0 Å². The normalized spacial score (nSPS) is 10.9. The maximum absolute atomic E-state index is 12.7. The van der Waals surface area contributed by atoms with Crippen LogP contribution in [0.1, 0.15) is 23.8 Å². The molecule has 0 spiro atoms. The standard InChI is InChI=1S/C21H20N6O2S/c1-3-12-27-16(28)10-9-15(25-27)20(29)24-21-23-17(14-7-5-4-6-8-14)18(30-21)19-22-11-13-26(19)2/h4-11,13H,3,12H2,1-2H3,(H,23,24,29). The third-order valence-corrected chi connectivity index (χ3v) is 5.42. The van der Waals surface area contributed by atoms with E-state index >= 15 is 0 Å². The van der Waals surface area contributed by atoms with Crippen LogP contribution >= 0.6 is 11.3 Å². The van der Waals surface area contributed by atoms with Gasteiger partial charge in [0.05, 0.1) is 10.6 Å². The molecule has 0 atom stereocenters. The Morgan fingerprint density at radius 3 is 2.67 bits per heavy atom. The zero-order valence-electron chi connectivity index (χ0n) is 16.6. The van der Waals surface area contributed by atoms with Gasteiger partial charge >= 0.3 is 0 Å². The summed E-state index contributed by atoms with van der Waals surface area (Å²) in [5.74, 6) is 0.348. The topological polar surface area (TPSA) is 94.7 Å². The molecule has 1 N–H and O–H groups in total. The first-order valence-corrected chi connectivity index (χ1v) is 10.3. The van der Waals surface area contributed by atoms with E-state index in [9.17, 15) is 9.59 Å². The Kier molecular flexibility index (Phi) is 5.53. The van der Waals surface area contributed by atoms with Crippen LogP contribution in [0.15, 0.2) is 59.7 Å². The molecule has 1 aromatic carbocycles. The second kappa shape index (κ2) is 8.42. The number of imidazole rings is 1. The summed E-state index contributed by atoms with van der Waals surface area (Å²) in [6.45, 7) is 2.40. The van der Waals surface area contributed by atoms with Crippen LogP contribution < -0.4 is 10.9 Å². The molecule has 3 heterocycles. The number of thiazole rings is 1. The molecule has 0 aliphatic heterocycles. The summed E-state index contributed by atoms with van der Waals surface area (Å²) in [6.07, 6.45) is 4.34. The van der Waals surface area contributed by atoms with E-state index in [0.29, 0.717) is 11.7 Å². The van der Waals surface area contributed by atoms with Gasteiger partial charge < -0.3 is 4.57 Å². The van der Waals surface area contributed by atoms with Gasteiger partial charge in [-0.2, -0.15) is 5.10 Å². The van der Waals surface area contributed by atoms with Crippen molar-refractivity contribution in [1.29, 1.82) is 0 Å². The maximum atomic E-state index is 12.7. The molecule has 30 heavy (non-hydrogen) atoms. The van der Waals surface area contributed by atoms with E-state index in [1.165, 1.54) is 28.2 Å². The number of nitrogens with one attached hydrogen (secondary N) is 1. The fourth-order valence-electron chi connectivity index (χ4n) is 3.00. The predicted molar refractivity (Wildman–Crippen MR) is 116 cm³/mol. The van der Waals surface area contributed by atoms with E-state index in [4.69, 9.17) is 0 Å². The van der Waals surface area contributed by atoms with E-state index in [-0.39, 0.29) is 11.3 Å². The smallest absolute Gasteiger partial charge is 0.277 e. The Morgan fingerprint density at radius 1 is 1.17 bits per heavy atom. The molecular formula is C21H20N6O2S. The number of aryl methyl sites for hydroxylation is 2. The molecule has 9 heteroatoms. The Labute approximate surface area is 176 Å². The first-order chi connectivity index (χ1) is 14.6. The SMILES string of the molecule is CCCn1nc(C(=O)Nc2nc(-c3ccccc3)c(-c3nccn3C)s2)ccc1=O. The van der Waals surface area contributed by atoms with Crippen molar-refractivity contribution in [2.75, 3.05) is 5.32 Å². The van der Waals surface area contributed by atoms with Crippen LogP contribution in [0.25, 0.3) is 22.0 Å². The molecule has 0 saturated carbocycles. The summed E-state index contributed by atoms with van der Waals surface area (Å²) in [5.41, 5.74) is 1.61. The molecule has 8 nitrogen and oxygen atoms in total. The lowest BCUT2D eigenvalue weighted by atomic mass is 10.1.